The number of hydrogen-bond acceptors (Lipinski definition) is 7. The van der Waals surface area contributed by atoms with Gasteiger partial charge in [-0.15, -0.1) is 0 Å². The predicted octanol–water partition coefficient (Wildman–Crippen LogP) is 5.49. The molecule has 0 saturated heterocycles. The Bertz CT molecular complexity index is 1170. The Morgan fingerprint density at radius 3 is 2.63 bits per heavy atom. The molecule has 0 bridgehead atoms. The Morgan fingerprint density at radius 1 is 1.17 bits per heavy atom. The van der Waals surface area contributed by atoms with E-state index in [-0.39, 0.29) is 11.5 Å². The van der Waals surface area contributed by atoms with Gasteiger partial charge in [0.25, 0.3) is 0 Å². The Labute approximate surface area is 205 Å². The molecule has 0 aliphatic carbocycles. The molecule has 10 nitrogen and oxygen atoms in total. The van der Waals surface area contributed by atoms with Crippen molar-refractivity contribution in [3.63, 3.8) is 0 Å². The van der Waals surface area contributed by atoms with Crippen molar-refractivity contribution in [2.24, 2.45) is 10.8 Å². The summed E-state index contributed by atoms with van der Waals surface area (Å²) in [7, 11) is 0. The van der Waals surface area contributed by atoms with Gasteiger partial charge in [-0.25, -0.2) is 10.6 Å². The second kappa shape index (κ2) is 10.3. The zero-order valence-electron chi connectivity index (χ0n) is 20.8. The highest BCUT2D eigenvalue weighted by Gasteiger charge is 2.29. The minimum Gasteiger partial charge on any atom is -0.359 e. The fourth-order valence-electron chi connectivity index (χ4n) is 3.97. The topological polar surface area (TPSA) is 137 Å². The van der Waals surface area contributed by atoms with Crippen LogP contribution in [0.1, 0.15) is 82.9 Å². The summed E-state index contributed by atoms with van der Waals surface area (Å²) in [6, 6.07) is 8.70. The molecule has 1 unspecified atom stereocenters. The van der Waals surface area contributed by atoms with Crippen molar-refractivity contribution in [1.82, 2.24) is 15.4 Å². The van der Waals surface area contributed by atoms with E-state index in [9.17, 15) is 4.79 Å². The van der Waals surface area contributed by atoms with Crippen LogP contribution in [-0.2, 0) is 5.41 Å². The molecule has 186 valence electrons. The van der Waals surface area contributed by atoms with Crippen LogP contribution in [0.5, 0.6) is 0 Å². The van der Waals surface area contributed by atoms with E-state index in [0.717, 1.165) is 29.8 Å². The number of fused-ring (bicyclic) bond motifs is 1. The first-order chi connectivity index (χ1) is 16.8. The number of unbranched alkanes of at least 4 members (excludes halogenated alkanes) is 3. The Morgan fingerprint density at radius 2 is 1.94 bits per heavy atom. The lowest BCUT2D eigenvalue weighted by molar-refractivity contribution is 0.262. The second-order valence-corrected chi connectivity index (χ2v) is 9.83. The lowest BCUT2D eigenvalue weighted by atomic mass is 9.93. The number of nitrogens with zero attached hydrogens (tertiary/aromatic N) is 4. The summed E-state index contributed by atoms with van der Waals surface area (Å²) in [4.78, 5) is 17.3. The molecule has 0 spiro atoms. The number of benzene rings is 1. The van der Waals surface area contributed by atoms with E-state index in [2.05, 4.69) is 32.9 Å². The number of rotatable bonds is 8. The molecule has 0 fully saturated rings. The van der Waals surface area contributed by atoms with Crippen LogP contribution >= 0.6 is 0 Å². The van der Waals surface area contributed by atoms with Gasteiger partial charge < -0.3 is 9.84 Å². The van der Waals surface area contributed by atoms with Crippen molar-refractivity contribution in [2.75, 3.05) is 15.6 Å². The molecular formula is C25H34N8O2. The highest BCUT2D eigenvalue weighted by molar-refractivity contribution is 6.10. The fourth-order valence-corrected chi connectivity index (χ4v) is 3.97. The first kappa shape index (κ1) is 24.5. The fraction of sp³-hybridized carbons (Fsp3) is 0.440. The molecule has 0 radical (unpaired) electrons. The first-order valence-electron chi connectivity index (χ1n) is 12.1. The number of urea groups is 1. The van der Waals surface area contributed by atoms with Crippen LogP contribution in [0.3, 0.4) is 0 Å². The Hall–Kier alpha value is -3.66. The van der Waals surface area contributed by atoms with Gasteiger partial charge in [-0.2, -0.15) is 5.10 Å². The number of nitrogens with two attached hydrogens (primary N) is 1. The van der Waals surface area contributed by atoms with Crippen molar-refractivity contribution in [1.29, 1.82) is 0 Å². The largest absolute Gasteiger partial charge is 0.359 e. The molecule has 1 aliphatic heterocycles. The van der Waals surface area contributed by atoms with Crippen LogP contribution in [0, 0.1) is 0 Å². The van der Waals surface area contributed by atoms with E-state index in [4.69, 9.17) is 15.4 Å². The quantitative estimate of drug-likeness (QED) is 0.249. The summed E-state index contributed by atoms with van der Waals surface area (Å²) in [6.07, 6.45) is 7.41. The number of anilines is 3. The summed E-state index contributed by atoms with van der Waals surface area (Å²) in [5, 5.41) is 18.3. The molecule has 35 heavy (non-hydrogen) atoms. The molecular weight excluding hydrogens is 444 g/mol. The number of aromatic amines is 1. The highest BCUT2D eigenvalue weighted by atomic mass is 16.5. The number of H-pyrrole nitrogens is 1. The predicted molar refractivity (Wildman–Crippen MR) is 138 cm³/mol. The molecule has 4 rings (SSSR count). The maximum atomic E-state index is 12.4. The number of amides is 2. The van der Waals surface area contributed by atoms with Gasteiger partial charge in [0.15, 0.2) is 11.7 Å². The third-order valence-corrected chi connectivity index (χ3v) is 5.95. The lowest BCUT2D eigenvalue weighted by Gasteiger charge is -2.28. The van der Waals surface area contributed by atoms with Gasteiger partial charge in [-0.3, -0.25) is 20.4 Å². The summed E-state index contributed by atoms with van der Waals surface area (Å²) in [5.74, 6) is 8.12. The van der Waals surface area contributed by atoms with E-state index in [0.29, 0.717) is 23.1 Å². The summed E-state index contributed by atoms with van der Waals surface area (Å²) < 4.78 is 5.31. The van der Waals surface area contributed by atoms with Crippen molar-refractivity contribution in [3.8, 4) is 0 Å². The maximum Gasteiger partial charge on any atom is 0.324 e. The third kappa shape index (κ3) is 5.71. The Kier molecular flexibility index (Phi) is 7.20. The first-order valence-corrected chi connectivity index (χ1v) is 12.1. The van der Waals surface area contributed by atoms with Crippen LogP contribution in [0.25, 0.3) is 0 Å². The van der Waals surface area contributed by atoms with E-state index < -0.39 is 6.03 Å². The molecule has 2 aromatic heterocycles. The van der Waals surface area contributed by atoms with Gasteiger partial charge in [0.1, 0.15) is 17.1 Å². The number of aromatic nitrogens is 3. The molecule has 2 amide bonds. The Balaban J connectivity index is 1.43. The van der Waals surface area contributed by atoms with E-state index in [1.165, 1.54) is 19.3 Å². The number of nitrogens with one attached hydrogen (secondary N) is 3. The number of aliphatic imine (C=N–C) groups is 1. The minimum atomic E-state index is -0.405. The van der Waals surface area contributed by atoms with Gasteiger partial charge in [0, 0.05) is 28.9 Å². The third-order valence-electron chi connectivity index (χ3n) is 5.95. The average molecular weight is 479 g/mol. The number of carbonyl (C=O) groups excluding carboxylic acids is 1. The molecule has 10 heteroatoms. The molecule has 3 heterocycles. The minimum absolute atomic E-state index is 0.0352. The van der Waals surface area contributed by atoms with E-state index in [1.54, 1.807) is 17.3 Å². The number of amidine groups is 1. The van der Waals surface area contributed by atoms with Crippen molar-refractivity contribution < 1.29 is 9.32 Å². The van der Waals surface area contributed by atoms with Gasteiger partial charge in [-0.1, -0.05) is 58.5 Å². The van der Waals surface area contributed by atoms with Crippen LogP contribution in [0.2, 0.25) is 0 Å². The van der Waals surface area contributed by atoms with Gasteiger partial charge in [0.05, 0.1) is 6.04 Å². The lowest BCUT2D eigenvalue weighted by Crippen LogP contribution is -2.41. The average Bonchev–Trinajstić information content (AvgIpc) is 3.49. The standard InChI is InChI=1S/C25H34N8O2/c1-5-6-7-8-9-18-22-19(15-27-31-22)33(26)23(29-18)16-10-12-17(13-11-16)28-24(34)30-21-14-20(35-32-21)25(2,3)4/h10-15,18H,5-9,26H2,1-4H3,(H,27,31)(H2,28,30,32,34). The normalized spacial score (nSPS) is 15.5. The summed E-state index contributed by atoms with van der Waals surface area (Å²) >= 11 is 0. The van der Waals surface area contributed by atoms with Gasteiger partial charge in [0.2, 0.25) is 0 Å². The van der Waals surface area contributed by atoms with Crippen molar-refractivity contribution in [2.45, 2.75) is 71.3 Å². The molecule has 1 atom stereocenters. The van der Waals surface area contributed by atoms with Crippen molar-refractivity contribution in [3.05, 3.63) is 53.5 Å². The van der Waals surface area contributed by atoms with E-state index >= 15 is 0 Å². The van der Waals surface area contributed by atoms with Gasteiger partial charge in [-0.05, 0) is 30.7 Å². The summed E-state index contributed by atoms with van der Waals surface area (Å²) in [5.41, 5.74) is 3.01. The van der Waals surface area contributed by atoms with Crippen LogP contribution in [0.15, 0.2) is 46.0 Å². The van der Waals surface area contributed by atoms with Crippen LogP contribution in [-0.4, -0.2) is 27.2 Å². The maximum absolute atomic E-state index is 12.4. The van der Waals surface area contributed by atoms with Gasteiger partial charge >= 0.3 is 6.03 Å². The molecule has 0 saturated carbocycles. The smallest absolute Gasteiger partial charge is 0.324 e. The SMILES string of the molecule is CCCCCCC1N=C(c2ccc(NC(=O)Nc3cc(C(C)(C)C)on3)cc2)N(N)c2c[nH]nc21. The summed E-state index contributed by atoms with van der Waals surface area (Å²) in [6.45, 7) is 8.24. The van der Waals surface area contributed by atoms with Crippen LogP contribution in [0.4, 0.5) is 22.0 Å². The number of hydrazine groups is 1. The molecule has 3 aromatic rings. The molecule has 1 aliphatic rings. The monoisotopic (exact) mass is 478 g/mol. The van der Waals surface area contributed by atoms with Crippen molar-refractivity contribution >= 4 is 29.1 Å². The molecule has 1 aromatic carbocycles. The van der Waals surface area contributed by atoms with Crippen LogP contribution < -0.4 is 21.5 Å². The van der Waals surface area contributed by atoms with E-state index in [1.807, 2.05) is 45.0 Å². The second-order valence-electron chi connectivity index (χ2n) is 9.83. The highest BCUT2D eigenvalue weighted by Crippen LogP contribution is 2.35. The molecule has 5 N–H and O–H groups in total. The zero-order chi connectivity index (χ0) is 25.0. The zero-order valence-corrected chi connectivity index (χ0v) is 20.8. The number of carbonyl (C=O) groups is 1. The number of hydrogen-bond donors (Lipinski definition) is 4.